The minimum absolute atomic E-state index is 0. The first kappa shape index (κ1) is 25.8. The number of unbranched alkanes of at least 4 members (excludes halogenated alkanes) is 8. The summed E-state index contributed by atoms with van der Waals surface area (Å²) in [5.74, 6) is -0.693. The predicted molar refractivity (Wildman–Crippen MR) is 97.8 cm³/mol. The van der Waals surface area contributed by atoms with Crippen LogP contribution in [0.4, 0.5) is 0 Å². The molecule has 0 amide bonds. The highest BCUT2D eigenvalue weighted by atomic mass is 35.5. The van der Waals surface area contributed by atoms with Gasteiger partial charge < -0.3 is 25.4 Å². The quantitative estimate of drug-likeness (QED) is 0.277. The van der Waals surface area contributed by atoms with E-state index in [2.05, 4.69) is 5.32 Å². The average molecular weight is 370 g/mol. The zero-order chi connectivity index (χ0) is 17.2. The Labute approximate surface area is 152 Å². The Bertz CT molecular complexity index is 269. The molecule has 0 aliphatic rings. The number of aliphatic carboxylic acids is 1. The number of halogens is 1. The summed E-state index contributed by atoms with van der Waals surface area (Å²) in [6.45, 7) is 2.06. The topological polar surface area (TPSA) is 99.0 Å². The Morgan fingerprint density at radius 3 is 2.04 bits per heavy atom. The number of carboxylic acid groups (broad SMARTS) is 1. The van der Waals surface area contributed by atoms with Gasteiger partial charge in [0.1, 0.15) is 0 Å². The van der Waals surface area contributed by atoms with Gasteiger partial charge in [-0.15, -0.1) is 12.4 Å². The van der Waals surface area contributed by atoms with Crippen molar-refractivity contribution in [2.45, 2.75) is 70.3 Å². The van der Waals surface area contributed by atoms with E-state index in [0.717, 1.165) is 32.1 Å². The van der Waals surface area contributed by atoms with Gasteiger partial charge in [0.15, 0.2) is 0 Å². The average Bonchev–Trinajstić information content (AvgIpc) is 2.51. The maximum Gasteiger partial charge on any atom is 0.303 e. The molecule has 24 heavy (non-hydrogen) atoms. The molecular weight excluding hydrogens is 334 g/mol. The number of hydrogen-bond donors (Lipinski definition) is 4. The number of ether oxygens (including phenoxy) is 1. The summed E-state index contributed by atoms with van der Waals surface area (Å²) in [4.78, 5) is 10.3. The van der Waals surface area contributed by atoms with E-state index in [1.54, 1.807) is 0 Å². The van der Waals surface area contributed by atoms with Crippen LogP contribution in [-0.2, 0) is 9.53 Å². The lowest BCUT2D eigenvalue weighted by atomic mass is 10.1. The summed E-state index contributed by atoms with van der Waals surface area (Å²) in [6.07, 6.45) is 9.78. The van der Waals surface area contributed by atoms with Crippen LogP contribution in [0.15, 0.2) is 0 Å². The fraction of sp³-hybridized carbons (Fsp3) is 0.941. The molecule has 0 aromatic carbocycles. The third kappa shape index (κ3) is 21.6. The molecule has 0 saturated heterocycles. The second-order valence-electron chi connectivity index (χ2n) is 5.98. The Balaban J connectivity index is 0. The first-order valence-electron chi connectivity index (χ1n) is 8.96. The number of carboxylic acids is 1. The minimum atomic E-state index is -0.693. The molecule has 0 saturated carbocycles. The van der Waals surface area contributed by atoms with Crippen molar-refractivity contribution in [1.82, 2.24) is 5.32 Å². The lowest BCUT2D eigenvalue weighted by molar-refractivity contribution is -0.137. The normalized spacial score (nSPS) is 11.9. The summed E-state index contributed by atoms with van der Waals surface area (Å²) in [7, 11) is 0. The van der Waals surface area contributed by atoms with E-state index in [4.69, 9.17) is 14.9 Å². The molecule has 7 heteroatoms. The highest BCUT2D eigenvalue weighted by molar-refractivity contribution is 5.85. The van der Waals surface area contributed by atoms with Crippen LogP contribution in [0.1, 0.15) is 64.2 Å². The molecule has 0 radical (unpaired) electrons. The smallest absolute Gasteiger partial charge is 0.303 e. The van der Waals surface area contributed by atoms with E-state index in [1.807, 2.05) is 0 Å². The second-order valence-corrected chi connectivity index (χ2v) is 5.98. The summed E-state index contributed by atoms with van der Waals surface area (Å²) >= 11 is 0. The number of rotatable bonds is 18. The summed E-state index contributed by atoms with van der Waals surface area (Å²) < 4.78 is 5.42. The SMILES string of the molecule is Cl.O=C(O)CCCCCCCCCCCOCC(O)CNCCO. The number of aliphatic hydroxyl groups is 2. The molecule has 0 aliphatic carbocycles. The highest BCUT2D eigenvalue weighted by Crippen LogP contribution is 2.10. The largest absolute Gasteiger partial charge is 0.481 e. The van der Waals surface area contributed by atoms with E-state index in [9.17, 15) is 9.90 Å². The third-order valence-electron chi connectivity index (χ3n) is 3.66. The molecule has 0 aromatic heterocycles. The first-order valence-corrected chi connectivity index (χ1v) is 8.96. The van der Waals surface area contributed by atoms with Crippen molar-refractivity contribution in [1.29, 1.82) is 0 Å². The molecule has 0 spiro atoms. The van der Waals surface area contributed by atoms with Gasteiger partial charge in [-0.05, 0) is 12.8 Å². The van der Waals surface area contributed by atoms with E-state index >= 15 is 0 Å². The molecule has 6 nitrogen and oxygen atoms in total. The zero-order valence-corrected chi connectivity index (χ0v) is 15.6. The summed E-state index contributed by atoms with van der Waals surface area (Å²) in [5, 5.41) is 29.6. The van der Waals surface area contributed by atoms with Gasteiger partial charge in [-0.25, -0.2) is 0 Å². The van der Waals surface area contributed by atoms with Crippen molar-refractivity contribution in [3.8, 4) is 0 Å². The third-order valence-corrected chi connectivity index (χ3v) is 3.66. The molecule has 1 unspecified atom stereocenters. The van der Waals surface area contributed by atoms with Gasteiger partial charge in [-0.2, -0.15) is 0 Å². The fourth-order valence-electron chi connectivity index (χ4n) is 2.34. The first-order chi connectivity index (χ1) is 11.2. The van der Waals surface area contributed by atoms with Crippen LogP contribution in [0.25, 0.3) is 0 Å². The van der Waals surface area contributed by atoms with Crippen molar-refractivity contribution in [2.75, 3.05) is 32.9 Å². The van der Waals surface area contributed by atoms with Crippen LogP contribution in [0.2, 0.25) is 0 Å². The Morgan fingerprint density at radius 1 is 0.958 bits per heavy atom. The molecule has 0 aliphatic heterocycles. The summed E-state index contributed by atoms with van der Waals surface area (Å²) in [6, 6.07) is 0. The highest BCUT2D eigenvalue weighted by Gasteiger charge is 2.03. The number of carbonyl (C=O) groups is 1. The van der Waals surface area contributed by atoms with Gasteiger partial charge >= 0.3 is 5.97 Å². The second kappa shape index (κ2) is 20.6. The van der Waals surface area contributed by atoms with Gasteiger partial charge in [-0.1, -0.05) is 44.9 Å². The molecule has 4 N–H and O–H groups in total. The standard InChI is InChI=1S/C17H35NO5.ClH/c19-12-11-18-14-16(20)15-23-13-9-7-5-3-1-2-4-6-8-10-17(21)22;/h16,18-20H,1-15H2,(H,21,22);1H. The van der Waals surface area contributed by atoms with Crippen LogP contribution in [0, 0.1) is 0 Å². The van der Waals surface area contributed by atoms with Crippen LogP contribution < -0.4 is 5.32 Å². The monoisotopic (exact) mass is 369 g/mol. The molecule has 146 valence electrons. The fourth-order valence-corrected chi connectivity index (χ4v) is 2.34. The summed E-state index contributed by atoms with van der Waals surface area (Å²) in [5.41, 5.74) is 0. The number of aliphatic hydroxyl groups excluding tert-OH is 2. The molecule has 0 bridgehead atoms. The van der Waals surface area contributed by atoms with Gasteiger partial charge in [0.2, 0.25) is 0 Å². The van der Waals surface area contributed by atoms with Crippen LogP contribution in [0.5, 0.6) is 0 Å². The lowest BCUT2D eigenvalue weighted by Gasteiger charge is -2.11. The number of hydrogen-bond acceptors (Lipinski definition) is 5. The molecule has 0 fully saturated rings. The Morgan fingerprint density at radius 2 is 1.50 bits per heavy atom. The van der Waals surface area contributed by atoms with E-state index in [-0.39, 0.29) is 19.0 Å². The number of nitrogens with one attached hydrogen (secondary N) is 1. The molecule has 0 rings (SSSR count). The van der Waals surface area contributed by atoms with Crippen molar-refractivity contribution in [2.24, 2.45) is 0 Å². The van der Waals surface area contributed by atoms with Crippen LogP contribution in [0.3, 0.4) is 0 Å². The van der Waals surface area contributed by atoms with Crippen LogP contribution in [-0.4, -0.2) is 60.3 Å². The van der Waals surface area contributed by atoms with Crippen molar-refractivity contribution in [3.05, 3.63) is 0 Å². The molecular formula is C17H36ClNO5. The Kier molecular flexibility index (Phi) is 22.2. The van der Waals surface area contributed by atoms with E-state index < -0.39 is 12.1 Å². The van der Waals surface area contributed by atoms with Crippen molar-refractivity contribution >= 4 is 18.4 Å². The predicted octanol–water partition coefficient (Wildman–Crippen LogP) is 2.35. The molecule has 1 atom stereocenters. The maximum atomic E-state index is 10.3. The maximum absolute atomic E-state index is 10.3. The molecule has 0 heterocycles. The van der Waals surface area contributed by atoms with Crippen LogP contribution >= 0.6 is 12.4 Å². The van der Waals surface area contributed by atoms with Crippen molar-refractivity contribution in [3.63, 3.8) is 0 Å². The van der Waals surface area contributed by atoms with E-state index in [0.29, 0.717) is 32.7 Å². The molecule has 0 aromatic rings. The lowest BCUT2D eigenvalue weighted by Crippen LogP contribution is -2.32. The van der Waals surface area contributed by atoms with Gasteiger partial charge in [0, 0.05) is 26.1 Å². The van der Waals surface area contributed by atoms with Crippen molar-refractivity contribution < 1.29 is 24.9 Å². The zero-order valence-electron chi connectivity index (χ0n) is 14.8. The van der Waals surface area contributed by atoms with Gasteiger partial charge in [0.05, 0.1) is 19.3 Å². The van der Waals surface area contributed by atoms with Gasteiger partial charge in [0.25, 0.3) is 0 Å². The Hall–Kier alpha value is -0.400. The van der Waals surface area contributed by atoms with E-state index in [1.165, 1.54) is 25.7 Å². The minimum Gasteiger partial charge on any atom is -0.481 e. The van der Waals surface area contributed by atoms with Gasteiger partial charge in [-0.3, -0.25) is 4.79 Å².